The average molecular weight is 369 g/mol. The maximum Gasteiger partial charge on any atom is 0.305 e. The molecular formula is C19H15NO3S2. The number of hydrogen-bond donors (Lipinski definition) is 1. The maximum atomic E-state index is 12.4. The first-order valence-electron chi connectivity index (χ1n) is 7.67. The second kappa shape index (κ2) is 7.63. The maximum absolute atomic E-state index is 12.4. The van der Waals surface area contributed by atoms with Gasteiger partial charge in [0.2, 0.25) is 0 Å². The number of hydrogen-bond acceptors (Lipinski definition) is 4. The predicted molar refractivity (Wildman–Crippen MR) is 104 cm³/mol. The number of carboxylic acids is 1. The third kappa shape index (κ3) is 4.15. The Morgan fingerprint density at radius 1 is 1.08 bits per heavy atom. The van der Waals surface area contributed by atoms with Gasteiger partial charge in [-0.05, 0) is 22.8 Å². The van der Waals surface area contributed by atoms with Gasteiger partial charge in [-0.2, -0.15) is 0 Å². The number of amides is 1. The molecule has 6 heteroatoms. The Kier molecular flexibility index (Phi) is 5.31. The molecule has 4 nitrogen and oxygen atoms in total. The van der Waals surface area contributed by atoms with E-state index < -0.39 is 5.97 Å². The summed E-state index contributed by atoms with van der Waals surface area (Å²) >= 11 is 6.39. The minimum atomic E-state index is -0.950. The van der Waals surface area contributed by atoms with E-state index in [4.69, 9.17) is 17.3 Å². The van der Waals surface area contributed by atoms with E-state index in [1.165, 1.54) is 16.7 Å². The van der Waals surface area contributed by atoms with Crippen molar-refractivity contribution in [2.45, 2.75) is 6.42 Å². The number of aliphatic carboxylic acids is 1. The number of carbonyl (C=O) groups is 2. The van der Waals surface area contributed by atoms with E-state index in [1.807, 2.05) is 54.6 Å². The summed E-state index contributed by atoms with van der Waals surface area (Å²) in [4.78, 5) is 24.9. The van der Waals surface area contributed by atoms with Crippen LogP contribution in [0.1, 0.15) is 12.0 Å². The van der Waals surface area contributed by atoms with Crippen molar-refractivity contribution in [3.05, 3.63) is 65.1 Å². The van der Waals surface area contributed by atoms with Crippen LogP contribution < -0.4 is 0 Å². The van der Waals surface area contributed by atoms with Crippen molar-refractivity contribution < 1.29 is 14.7 Å². The van der Waals surface area contributed by atoms with Crippen molar-refractivity contribution in [3.8, 4) is 11.1 Å². The molecule has 126 valence electrons. The average Bonchev–Trinajstić information content (AvgIpc) is 2.88. The highest BCUT2D eigenvalue weighted by Crippen LogP contribution is 2.33. The lowest BCUT2D eigenvalue weighted by molar-refractivity contribution is -0.137. The molecule has 0 unspecified atom stereocenters. The summed E-state index contributed by atoms with van der Waals surface area (Å²) in [6, 6.07) is 18.0. The number of thiocarbonyl (C=S) groups is 1. The van der Waals surface area contributed by atoms with Gasteiger partial charge in [-0.25, -0.2) is 0 Å². The van der Waals surface area contributed by atoms with Crippen LogP contribution in [0.25, 0.3) is 17.2 Å². The standard InChI is InChI=1S/C19H15NO3S2/c21-17(22)10-11-20-18(23)16(25-19(20)24)12-13-6-8-15(9-7-13)14-4-2-1-3-5-14/h1-9,12H,10-11H2,(H,21,22)/b16-12-. The molecule has 1 aliphatic heterocycles. The van der Waals surface area contributed by atoms with Crippen LogP contribution in [-0.2, 0) is 9.59 Å². The van der Waals surface area contributed by atoms with Gasteiger partial charge in [0, 0.05) is 6.54 Å². The van der Waals surface area contributed by atoms with Crippen LogP contribution in [0.2, 0.25) is 0 Å². The second-order valence-electron chi connectivity index (χ2n) is 5.47. The first-order valence-corrected chi connectivity index (χ1v) is 8.90. The van der Waals surface area contributed by atoms with Crippen LogP contribution in [0.15, 0.2) is 59.5 Å². The summed E-state index contributed by atoms with van der Waals surface area (Å²) in [7, 11) is 0. The number of nitrogens with zero attached hydrogens (tertiary/aromatic N) is 1. The Hall–Kier alpha value is -2.44. The molecule has 25 heavy (non-hydrogen) atoms. The fourth-order valence-electron chi connectivity index (χ4n) is 2.45. The predicted octanol–water partition coefficient (Wildman–Crippen LogP) is 4.03. The Balaban J connectivity index is 1.76. The van der Waals surface area contributed by atoms with Crippen molar-refractivity contribution in [3.63, 3.8) is 0 Å². The molecule has 0 aromatic heterocycles. The number of benzene rings is 2. The van der Waals surface area contributed by atoms with Crippen molar-refractivity contribution in [2.75, 3.05) is 6.54 Å². The van der Waals surface area contributed by atoms with Crippen LogP contribution in [0, 0.1) is 0 Å². The quantitative estimate of drug-likeness (QED) is 0.637. The highest BCUT2D eigenvalue weighted by atomic mass is 32.2. The lowest BCUT2D eigenvalue weighted by atomic mass is 10.0. The molecule has 0 atom stereocenters. The molecule has 0 radical (unpaired) electrons. The zero-order valence-electron chi connectivity index (χ0n) is 13.2. The molecule has 2 aromatic rings. The van der Waals surface area contributed by atoms with Gasteiger partial charge in [0.05, 0.1) is 11.3 Å². The summed E-state index contributed by atoms with van der Waals surface area (Å²) < 4.78 is 0.401. The van der Waals surface area contributed by atoms with Gasteiger partial charge in [0.1, 0.15) is 4.32 Å². The highest BCUT2D eigenvalue weighted by Gasteiger charge is 2.31. The van der Waals surface area contributed by atoms with Crippen molar-refractivity contribution in [1.29, 1.82) is 0 Å². The Morgan fingerprint density at radius 2 is 1.72 bits per heavy atom. The van der Waals surface area contributed by atoms with Gasteiger partial charge >= 0.3 is 5.97 Å². The number of rotatable bonds is 5. The van der Waals surface area contributed by atoms with E-state index >= 15 is 0 Å². The molecule has 1 N–H and O–H groups in total. The van der Waals surface area contributed by atoms with Crippen molar-refractivity contribution >= 4 is 46.3 Å². The monoisotopic (exact) mass is 369 g/mol. The summed E-state index contributed by atoms with van der Waals surface area (Å²) in [5.41, 5.74) is 3.14. The highest BCUT2D eigenvalue weighted by molar-refractivity contribution is 8.26. The zero-order valence-corrected chi connectivity index (χ0v) is 14.8. The van der Waals surface area contributed by atoms with Gasteiger partial charge in [-0.1, -0.05) is 78.6 Å². The van der Waals surface area contributed by atoms with E-state index in [1.54, 1.807) is 6.08 Å². The largest absolute Gasteiger partial charge is 0.481 e. The van der Waals surface area contributed by atoms with E-state index in [0.717, 1.165) is 16.7 Å². The van der Waals surface area contributed by atoms with E-state index in [2.05, 4.69) is 0 Å². The van der Waals surface area contributed by atoms with Gasteiger partial charge in [-0.15, -0.1) is 0 Å². The lowest BCUT2D eigenvalue weighted by Gasteiger charge is -2.12. The second-order valence-corrected chi connectivity index (χ2v) is 7.14. The molecular weight excluding hydrogens is 354 g/mol. The van der Waals surface area contributed by atoms with Crippen LogP contribution in [0.5, 0.6) is 0 Å². The van der Waals surface area contributed by atoms with E-state index in [0.29, 0.717) is 9.23 Å². The molecule has 0 aliphatic carbocycles. The molecule has 3 rings (SSSR count). The van der Waals surface area contributed by atoms with Gasteiger partial charge in [0.25, 0.3) is 5.91 Å². The summed E-state index contributed by atoms with van der Waals surface area (Å²) in [5, 5.41) is 8.76. The molecule has 1 fully saturated rings. The zero-order chi connectivity index (χ0) is 17.8. The molecule has 1 aliphatic rings. The minimum Gasteiger partial charge on any atom is -0.481 e. The summed E-state index contributed by atoms with van der Waals surface area (Å²) in [5.74, 6) is -1.18. The molecule has 0 bridgehead atoms. The van der Waals surface area contributed by atoms with Gasteiger partial charge < -0.3 is 5.11 Å². The lowest BCUT2D eigenvalue weighted by Crippen LogP contribution is -2.30. The topological polar surface area (TPSA) is 57.6 Å². The molecule has 1 heterocycles. The third-order valence-electron chi connectivity index (χ3n) is 3.74. The Morgan fingerprint density at radius 3 is 2.36 bits per heavy atom. The fourth-order valence-corrected chi connectivity index (χ4v) is 3.76. The number of carbonyl (C=O) groups excluding carboxylic acids is 1. The van der Waals surface area contributed by atoms with Crippen LogP contribution in [-0.4, -0.2) is 32.7 Å². The molecule has 1 amide bonds. The fraction of sp³-hybridized carbons (Fsp3) is 0.105. The van der Waals surface area contributed by atoms with Crippen LogP contribution in [0.4, 0.5) is 0 Å². The summed E-state index contributed by atoms with van der Waals surface area (Å²) in [6.07, 6.45) is 1.67. The molecule has 0 spiro atoms. The van der Waals surface area contributed by atoms with Crippen molar-refractivity contribution in [2.24, 2.45) is 0 Å². The van der Waals surface area contributed by atoms with Gasteiger partial charge in [-0.3, -0.25) is 14.5 Å². The molecule has 1 saturated heterocycles. The Labute approximate surface area is 155 Å². The smallest absolute Gasteiger partial charge is 0.305 e. The summed E-state index contributed by atoms with van der Waals surface area (Å²) in [6.45, 7) is 0.101. The SMILES string of the molecule is O=C(O)CCN1C(=O)/C(=C/c2ccc(-c3ccccc3)cc2)SC1=S. The van der Waals surface area contributed by atoms with Gasteiger partial charge in [0.15, 0.2) is 0 Å². The Bertz CT molecular complexity index is 845. The van der Waals surface area contributed by atoms with Crippen molar-refractivity contribution in [1.82, 2.24) is 4.90 Å². The molecule has 2 aromatic carbocycles. The van der Waals surface area contributed by atoms with E-state index in [9.17, 15) is 9.59 Å². The number of thioether (sulfide) groups is 1. The van der Waals surface area contributed by atoms with Crippen LogP contribution >= 0.6 is 24.0 Å². The minimum absolute atomic E-state index is 0.101. The van der Waals surface area contributed by atoms with E-state index in [-0.39, 0.29) is 18.9 Å². The third-order valence-corrected chi connectivity index (χ3v) is 5.12. The first-order chi connectivity index (χ1) is 12.0. The normalized spacial score (nSPS) is 15.8. The molecule has 0 saturated carbocycles. The first kappa shape index (κ1) is 17.4. The number of carboxylic acid groups (broad SMARTS) is 1. The van der Waals surface area contributed by atoms with Crippen LogP contribution in [0.3, 0.4) is 0 Å².